The molecule has 0 saturated heterocycles. The van der Waals surface area contributed by atoms with E-state index in [-0.39, 0.29) is 18.9 Å². The fraction of sp³-hybridized carbons (Fsp3) is 0.261. The van der Waals surface area contributed by atoms with Gasteiger partial charge in [0.1, 0.15) is 18.1 Å². The lowest BCUT2D eigenvalue weighted by Crippen LogP contribution is -2.22. The fourth-order valence-corrected chi connectivity index (χ4v) is 2.83. The highest BCUT2D eigenvalue weighted by atomic mass is 16.5. The lowest BCUT2D eigenvalue weighted by molar-refractivity contribution is -0.146. The van der Waals surface area contributed by atoms with E-state index >= 15 is 0 Å². The van der Waals surface area contributed by atoms with Crippen LogP contribution in [-0.2, 0) is 27.4 Å². The third-order valence-corrected chi connectivity index (χ3v) is 4.62. The molecule has 0 spiro atoms. The van der Waals surface area contributed by atoms with Crippen molar-refractivity contribution in [1.29, 1.82) is 0 Å². The van der Waals surface area contributed by atoms with E-state index in [1.807, 2.05) is 39.0 Å². The van der Waals surface area contributed by atoms with Gasteiger partial charge in [-0.2, -0.15) is 0 Å². The molecule has 1 amide bonds. The van der Waals surface area contributed by atoms with Crippen molar-refractivity contribution in [3.63, 3.8) is 0 Å². The third-order valence-electron chi connectivity index (χ3n) is 4.62. The van der Waals surface area contributed by atoms with Gasteiger partial charge in [0.2, 0.25) is 0 Å². The Bertz CT molecular complexity index is 1000. The van der Waals surface area contributed by atoms with Gasteiger partial charge in [-0.1, -0.05) is 35.5 Å². The molecule has 0 aliphatic rings. The summed E-state index contributed by atoms with van der Waals surface area (Å²) >= 11 is 0. The average molecular weight is 408 g/mol. The number of aryl methyl sites for hydroxylation is 3. The van der Waals surface area contributed by atoms with E-state index in [2.05, 4.69) is 10.5 Å². The molecule has 1 heterocycles. The number of nitrogens with one attached hydrogen (secondary N) is 1. The van der Waals surface area contributed by atoms with Crippen molar-refractivity contribution in [2.45, 2.75) is 33.8 Å². The lowest BCUT2D eigenvalue weighted by Gasteiger charge is -2.09. The maximum atomic E-state index is 12.0. The van der Waals surface area contributed by atoms with Gasteiger partial charge in [-0.25, -0.2) is 0 Å². The summed E-state index contributed by atoms with van der Waals surface area (Å²) in [4.78, 5) is 24.0. The Morgan fingerprint density at radius 2 is 1.77 bits per heavy atom. The number of carbonyl (C=O) groups is 2. The summed E-state index contributed by atoms with van der Waals surface area (Å²) in [6.45, 7) is 5.63. The van der Waals surface area contributed by atoms with Crippen LogP contribution in [0, 0.1) is 20.8 Å². The molecular weight excluding hydrogens is 384 g/mol. The summed E-state index contributed by atoms with van der Waals surface area (Å²) in [6, 6.07) is 14.5. The standard InChI is InChI=1S/C23H24N2O5/c1-15-6-4-5-7-21(15)24-22(26)14-29-23(27)12-18-8-10-19(11-9-18)28-13-20-16(2)25-30-17(20)3/h4-11H,12-14H2,1-3H3,(H,24,26). The molecule has 3 aromatic rings. The number of hydrogen-bond donors (Lipinski definition) is 1. The number of esters is 1. The van der Waals surface area contributed by atoms with Crippen molar-refractivity contribution in [2.24, 2.45) is 0 Å². The second-order valence-corrected chi connectivity index (χ2v) is 6.94. The highest BCUT2D eigenvalue weighted by Gasteiger charge is 2.11. The van der Waals surface area contributed by atoms with E-state index in [9.17, 15) is 9.59 Å². The van der Waals surface area contributed by atoms with Gasteiger partial charge in [0.25, 0.3) is 5.91 Å². The molecule has 0 aliphatic carbocycles. The molecule has 7 heteroatoms. The van der Waals surface area contributed by atoms with Crippen LogP contribution in [0.25, 0.3) is 0 Å². The number of anilines is 1. The zero-order valence-electron chi connectivity index (χ0n) is 17.2. The van der Waals surface area contributed by atoms with Crippen molar-refractivity contribution in [1.82, 2.24) is 5.16 Å². The molecule has 0 atom stereocenters. The molecule has 2 aromatic carbocycles. The minimum atomic E-state index is -0.473. The predicted molar refractivity (Wildman–Crippen MR) is 111 cm³/mol. The molecule has 1 aromatic heterocycles. The predicted octanol–water partition coefficient (Wildman–Crippen LogP) is 3.90. The molecule has 0 radical (unpaired) electrons. The van der Waals surface area contributed by atoms with Crippen molar-refractivity contribution >= 4 is 17.6 Å². The van der Waals surface area contributed by atoms with Crippen molar-refractivity contribution in [3.8, 4) is 5.75 Å². The fourth-order valence-electron chi connectivity index (χ4n) is 2.83. The maximum Gasteiger partial charge on any atom is 0.310 e. The minimum Gasteiger partial charge on any atom is -0.489 e. The summed E-state index contributed by atoms with van der Waals surface area (Å²) in [7, 11) is 0. The summed E-state index contributed by atoms with van der Waals surface area (Å²) in [6.07, 6.45) is 0.0712. The molecule has 0 fully saturated rings. The zero-order valence-corrected chi connectivity index (χ0v) is 17.2. The van der Waals surface area contributed by atoms with Crippen LogP contribution < -0.4 is 10.1 Å². The van der Waals surface area contributed by atoms with Crippen LogP contribution in [0.4, 0.5) is 5.69 Å². The van der Waals surface area contributed by atoms with Crippen LogP contribution in [0.5, 0.6) is 5.75 Å². The number of para-hydroxylation sites is 1. The first-order valence-electron chi connectivity index (χ1n) is 9.57. The van der Waals surface area contributed by atoms with Crippen molar-refractivity contribution in [2.75, 3.05) is 11.9 Å². The van der Waals surface area contributed by atoms with Crippen LogP contribution in [0.3, 0.4) is 0 Å². The molecule has 3 rings (SSSR count). The van der Waals surface area contributed by atoms with E-state index in [1.54, 1.807) is 30.3 Å². The monoisotopic (exact) mass is 408 g/mol. The van der Waals surface area contributed by atoms with Crippen LogP contribution >= 0.6 is 0 Å². The number of amides is 1. The third kappa shape index (κ3) is 5.70. The van der Waals surface area contributed by atoms with Gasteiger partial charge in [-0.05, 0) is 50.1 Å². The second-order valence-electron chi connectivity index (χ2n) is 6.94. The van der Waals surface area contributed by atoms with Gasteiger partial charge >= 0.3 is 5.97 Å². The molecule has 0 aliphatic heterocycles. The smallest absolute Gasteiger partial charge is 0.310 e. The molecule has 7 nitrogen and oxygen atoms in total. The van der Waals surface area contributed by atoms with E-state index in [1.165, 1.54) is 0 Å². The van der Waals surface area contributed by atoms with Gasteiger partial charge in [0.15, 0.2) is 6.61 Å². The molecule has 30 heavy (non-hydrogen) atoms. The van der Waals surface area contributed by atoms with Gasteiger partial charge in [-0.3, -0.25) is 9.59 Å². The average Bonchev–Trinajstić information content (AvgIpc) is 3.05. The Morgan fingerprint density at radius 1 is 1.03 bits per heavy atom. The van der Waals surface area contributed by atoms with Crippen molar-refractivity contribution in [3.05, 3.63) is 76.7 Å². The van der Waals surface area contributed by atoms with Gasteiger partial charge in [0.05, 0.1) is 17.7 Å². The number of carbonyl (C=O) groups excluding carboxylic acids is 2. The van der Waals surface area contributed by atoms with E-state index in [4.69, 9.17) is 14.0 Å². The highest BCUT2D eigenvalue weighted by Crippen LogP contribution is 2.18. The first-order chi connectivity index (χ1) is 14.4. The summed E-state index contributed by atoms with van der Waals surface area (Å²) < 4.78 is 15.9. The summed E-state index contributed by atoms with van der Waals surface area (Å²) in [5.41, 5.74) is 4.13. The summed E-state index contributed by atoms with van der Waals surface area (Å²) in [5.74, 6) is 0.558. The number of ether oxygens (including phenoxy) is 2. The number of benzene rings is 2. The van der Waals surface area contributed by atoms with Gasteiger partial charge in [0, 0.05) is 5.69 Å². The second kappa shape index (κ2) is 9.73. The zero-order chi connectivity index (χ0) is 21.5. The number of aromatic nitrogens is 1. The largest absolute Gasteiger partial charge is 0.489 e. The Kier molecular flexibility index (Phi) is 6.85. The number of rotatable bonds is 8. The minimum absolute atomic E-state index is 0.0712. The first-order valence-corrected chi connectivity index (χ1v) is 9.57. The number of nitrogens with zero attached hydrogens (tertiary/aromatic N) is 1. The Hall–Kier alpha value is -3.61. The van der Waals surface area contributed by atoms with E-state index in [0.717, 1.165) is 28.1 Å². The normalized spacial score (nSPS) is 10.5. The molecule has 0 bridgehead atoms. The van der Waals surface area contributed by atoms with Crippen molar-refractivity contribution < 1.29 is 23.6 Å². The molecule has 1 N–H and O–H groups in total. The lowest BCUT2D eigenvalue weighted by atomic mass is 10.1. The highest BCUT2D eigenvalue weighted by molar-refractivity contribution is 5.93. The Balaban J connectivity index is 1.44. The quantitative estimate of drug-likeness (QED) is 0.569. The molecule has 156 valence electrons. The number of hydrogen-bond acceptors (Lipinski definition) is 6. The Labute approximate surface area is 175 Å². The maximum absolute atomic E-state index is 12.0. The van der Waals surface area contributed by atoms with Crippen LogP contribution in [0.15, 0.2) is 53.1 Å². The van der Waals surface area contributed by atoms with Crippen LogP contribution in [0.2, 0.25) is 0 Å². The molecule has 0 unspecified atom stereocenters. The van der Waals surface area contributed by atoms with Crippen LogP contribution in [0.1, 0.15) is 28.1 Å². The Morgan fingerprint density at radius 3 is 2.43 bits per heavy atom. The molecular formula is C23H24N2O5. The van der Waals surface area contributed by atoms with E-state index < -0.39 is 5.97 Å². The van der Waals surface area contributed by atoms with E-state index in [0.29, 0.717) is 18.0 Å². The summed E-state index contributed by atoms with van der Waals surface area (Å²) in [5, 5.41) is 6.62. The first kappa shape index (κ1) is 21.1. The van der Waals surface area contributed by atoms with Gasteiger partial charge < -0.3 is 19.3 Å². The molecule has 0 saturated carbocycles. The van der Waals surface area contributed by atoms with Crippen LogP contribution in [-0.4, -0.2) is 23.6 Å². The van der Waals surface area contributed by atoms with Gasteiger partial charge in [-0.15, -0.1) is 0 Å². The topological polar surface area (TPSA) is 90.7 Å². The SMILES string of the molecule is Cc1ccccc1NC(=O)COC(=O)Cc1ccc(OCc2c(C)noc2C)cc1.